The highest BCUT2D eigenvalue weighted by molar-refractivity contribution is 7.11. The minimum absolute atomic E-state index is 0.0831. The van der Waals surface area contributed by atoms with Crippen molar-refractivity contribution in [3.8, 4) is 5.75 Å². The Morgan fingerprint density at radius 1 is 1.17 bits per heavy atom. The van der Waals surface area contributed by atoms with E-state index in [-0.39, 0.29) is 11.8 Å². The van der Waals surface area contributed by atoms with Crippen LogP contribution in [0.3, 0.4) is 0 Å². The molecule has 4 aromatic rings. The molecule has 3 aromatic heterocycles. The molecule has 9 nitrogen and oxygen atoms in total. The molecule has 0 bridgehead atoms. The number of pyridine rings is 1. The Morgan fingerprint density at radius 3 is 2.74 bits per heavy atom. The standard InChI is InChI=1S/C25H24N6O3S/c1-34-19-7-5-17(6-8-19)12-28-24(32)23-20-15-30(25(33)22-13-26-16-35-22)11-9-21(20)31(29-23)14-18-4-2-3-10-27-18/h2-8,10,13,16H,9,11-12,14-15H2,1H3,(H,28,32). The summed E-state index contributed by atoms with van der Waals surface area (Å²) in [4.78, 5) is 37.0. The third-order valence-corrected chi connectivity index (χ3v) is 6.69. The van der Waals surface area contributed by atoms with Gasteiger partial charge < -0.3 is 15.0 Å². The van der Waals surface area contributed by atoms with Crippen LogP contribution in [0.4, 0.5) is 0 Å². The normalized spacial score (nSPS) is 12.8. The highest BCUT2D eigenvalue weighted by Crippen LogP contribution is 2.25. The molecule has 4 heterocycles. The van der Waals surface area contributed by atoms with Gasteiger partial charge in [0.2, 0.25) is 0 Å². The Balaban J connectivity index is 1.40. The van der Waals surface area contributed by atoms with E-state index in [9.17, 15) is 9.59 Å². The number of thiazole rings is 1. The summed E-state index contributed by atoms with van der Waals surface area (Å²) >= 11 is 1.31. The summed E-state index contributed by atoms with van der Waals surface area (Å²) in [5, 5.41) is 7.65. The van der Waals surface area contributed by atoms with Crippen molar-refractivity contribution in [1.29, 1.82) is 0 Å². The van der Waals surface area contributed by atoms with Gasteiger partial charge in [-0.25, -0.2) is 0 Å². The molecule has 0 unspecified atom stereocenters. The second-order valence-electron chi connectivity index (χ2n) is 8.13. The lowest BCUT2D eigenvalue weighted by Gasteiger charge is -2.27. The number of carbonyl (C=O) groups excluding carboxylic acids is 2. The van der Waals surface area contributed by atoms with Gasteiger partial charge in [0.15, 0.2) is 5.69 Å². The first kappa shape index (κ1) is 22.7. The number of methoxy groups -OCH3 is 1. The van der Waals surface area contributed by atoms with Gasteiger partial charge in [-0.1, -0.05) is 18.2 Å². The summed E-state index contributed by atoms with van der Waals surface area (Å²) in [6.45, 7) is 1.68. The van der Waals surface area contributed by atoms with Crippen LogP contribution >= 0.6 is 11.3 Å². The molecule has 0 saturated carbocycles. The maximum atomic E-state index is 13.2. The zero-order valence-corrected chi connectivity index (χ0v) is 20.0. The van der Waals surface area contributed by atoms with Crippen LogP contribution in [0.25, 0.3) is 0 Å². The molecule has 178 valence electrons. The molecule has 1 aliphatic rings. The molecule has 35 heavy (non-hydrogen) atoms. The maximum Gasteiger partial charge on any atom is 0.272 e. The molecular formula is C25H24N6O3S. The van der Waals surface area contributed by atoms with Crippen LogP contribution in [0.2, 0.25) is 0 Å². The minimum Gasteiger partial charge on any atom is -0.497 e. The van der Waals surface area contributed by atoms with Crippen LogP contribution in [0, 0.1) is 0 Å². The summed E-state index contributed by atoms with van der Waals surface area (Å²) in [7, 11) is 1.62. The van der Waals surface area contributed by atoms with Gasteiger partial charge in [0, 0.05) is 37.0 Å². The maximum absolute atomic E-state index is 13.2. The summed E-state index contributed by atoms with van der Waals surface area (Å²) in [5.74, 6) is 0.400. The van der Waals surface area contributed by atoms with Crippen molar-refractivity contribution in [2.75, 3.05) is 13.7 Å². The van der Waals surface area contributed by atoms with E-state index in [1.807, 2.05) is 47.1 Å². The third-order valence-electron chi connectivity index (χ3n) is 5.93. The van der Waals surface area contributed by atoms with Crippen molar-refractivity contribution in [3.63, 3.8) is 0 Å². The molecule has 10 heteroatoms. The van der Waals surface area contributed by atoms with Crippen LogP contribution in [0.1, 0.15) is 42.7 Å². The first-order valence-corrected chi connectivity index (χ1v) is 12.1. The number of fused-ring (bicyclic) bond motifs is 1. The van der Waals surface area contributed by atoms with Crippen molar-refractivity contribution >= 4 is 23.2 Å². The number of ether oxygens (including phenoxy) is 1. The predicted octanol–water partition coefficient (Wildman–Crippen LogP) is 2.92. The van der Waals surface area contributed by atoms with Crippen LogP contribution in [0.15, 0.2) is 60.4 Å². The molecular weight excluding hydrogens is 464 g/mol. The molecule has 0 fully saturated rings. The number of aromatic nitrogens is 4. The fourth-order valence-electron chi connectivity index (χ4n) is 4.11. The van der Waals surface area contributed by atoms with Gasteiger partial charge in [0.1, 0.15) is 10.6 Å². The molecule has 1 N–H and O–H groups in total. The number of rotatable bonds is 7. The van der Waals surface area contributed by atoms with Gasteiger partial charge in [-0.3, -0.25) is 24.2 Å². The Hall–Kier alpha value is -4.05. The average Bonchev–Trinajstić information content (AvgIpc) is 3.56. The number of benzene rings is 1. The summed E-state index contributed by atoms with van der Waals surface area (Å²) in [6, 6.07) is 13.2. The highest BCUT2D eigenvalue weighted by atomic mass is 32.1. The van der Waals surface area contributed by atoms with Gasteiger partial charge in [0.05, 0.1) is 37.6 Å². The Kier molecular flexibility index (Phi) is 6.53. The molecule has 5 rings (SSSR count). The molecule has 0 radical (unpaired) electrons. The van der Waals surface area contributed by atoms with E-state index in [0.29, 0.717) is 43.2 Å². The summed E-state index contributed by atoms with van der Waals surface area (Å²) in [5.41, 5.74) is 5.52. The first-order valence-electron chi connectivity index (χ1n) is 11.2. The Labute approximate surface area is 206 Å². The zero-order chi connectivity index (χ0) is 24.2. The topological polar surface area (TPSA) is 102 Å². The molecule has 2 amide bonds. The lowest BCUT2D eigenvalue weighted by atomic mass is 10.0. The molecule has 0 atom stereocenters. The van der Waals surface area contributed by atoms with E-state index in [2.05, 4.69) is 20.4 Å². The lowest BCUT2D eigenvalue weighted by molar-refractivity contribution is 0.0735. The van der Waals surface area contributed by atoms with E-state index >= 15 is 0 Å². The van der Waals surface area contributed by atoms with Gasteiger partial charge in [0.25, 0.3) is 11.8 Å². The van der Waals surface area contributed by atoms with E-state index in [4.69, 9.17) is 4.74 Å². The molecule has 1 aromatic carbocycles. The molecule has 0 saturated heterocycles. The largest absolute Gasteiger partial charge is 0.497 e. The van der Waals surface area contributed by atoms with Crippen LogP contribution in [0.5, 0.6) is 5.75 Å². The van der Waals surface area contributed by atoms with Crippen LogP contribution in [-0.4, -0.2) is 50.1 Å². The fraction of sp³-hybridized carbons (Fsp3) is 0.240. The number of hydrogen-bond acceptors (Lipinski definition) is 7. The van der Waals surface area contributed by atoms with Crippen LogP contribution in [-0.2, 0) is 26.1 Å². The molecule has 0 spiro atoms. The number of hydrogen-bond donors (Lipinski definition) is 1. The van der Waals surface area contributed by atoms with Gasteiger partial charge in [-0.2, -0.15) is 5.10 Å². The van der Waals surface area contributed by atoms with E-state index in [0.717, 1.165) is 28.3 Å². The first-order chi connectivity index (χ1) is 17.1. The van der Waals surface area contributed by atoms with E-state index in [1.165, 1.54) is 11.3 Å². The number of nitrogens with one attached hydrogen (secondary N) is 1. The highest BCUT2D eigenvalue weighted by Gasteiger charge is 2.31. The lowest BCUT2D eigenvalue weighted by Crippen LogP contribution is -2.37. The van der Waals surface area contributed by atoms with Gasteiger partial charge >= 0.3 is 0 Å². The van der Waals surface area contributed by atoms with Gasteiger partial charge in [-0.05, 0) is 29.8 Å². The number of nitrogens with zero attached hydrogens (tertiary/aromatic N) is 5. The number of amides is 2. The second kappa shape index (κ2) is 10.1. The minimum atomic E-state index is -0.274. The second-order valence-corrected chi connectivity index (χ2v) is 9.01. The van der Waals surface area contributed by atoms with Crippen molar-refractivity contribution in [3.05, 3.63) is 93.5 Å². The monoisotopic (exact) mass is 488 g/mol. The van der Waals surface area contributed by atoms with E-state index < -0.39 is 0 Å². The van der Waals surface area contributed by atoms with Crippen molar-refractivity contribution < 1.29 is 14.3 Å². The Bertz CT molecular complexity index is 1320. The Morgan fingerprint density at radius 2 is 2.03 bits per heavy atom. The molecule has 0 aliphatic carbocycles. The third kappa shape index (κ3) is 4.92. The predicted molar refractivity (Wildman–Crippen MR) is 130 cm³/mol. The van der Waals surface area contributed by atoms with E-state index in [1.54, 1.807) is 29.9 Å². The summed E-state index contributed by atoms with van der Waals surface area (Å²) < 4.78 is 7.04. The van der Waals surface area contributed by atoms with Crippen molar-refractivity contribution in [1.82, 2.24) is 30.0 Å². The van der Waals surface area contributed by atoms with Crippen molar-refractivity contribution in [2.45, 2.75) is 26.1 Å². The molecule has 1 aliphatic heterocycles. The smallest absolute Gasteiger partial charge is 0.272 e. The number of carbonyl (C=O) groups is 2. The summed E-state index contributed by atoms with van der Waals surface area (Å²) in [6.07, 6.45) is 3.92. The van der Waals surface area contributed by atoms with Gasteiger partial charge in [-0.15, -0.1) is 11.3 Å². The zero-order valence-electron chi connectivity index (χ0n) is 19.2. The fourth-order valence-corrected chi connectivity index (χ4v) is 4.70. The van der Waals surface area contributed by atoms with Crippen LogP contribution < -0.4 is 10.1 Å². The quantitative estimate of drug-likeness (QED) is 0.429. The average molecular weight is 489 g/mol. The SMILES string of the molecule is COc1ccc(CNC(=O)c2nn(Cc3ccccn3)c3c2CN(C(=O)c2cncs2)CC3)cc1. The van der Waals surface area contributed by atoms with Crippen molar-refractivity contribution in [2.24, 2.45) is 0 Å².